The lowest BCUT2D eigenvalue weighted by Gasteiger charge is -2.40. The van der Waals surface area contributed by atoms with Crippen molar-refractivity contribution in [3.8, 4) is 0 Å². The predicted molar refractivity (Wildman–Crippen MR) is 120 cm³/mol. The smallest absolute Gasteiger partial charge is 0.410 e. The van der Waals surface area contributed by atoms with Gasteiger partial charge in [0.15, 0.2) is 5.96 Å². The monoisotopic (exact) mass is 420 g/mol. The molecule has 6 nitrogen and oxygen atoms in total. The number of hydrogen-bond donors (Lipinski definition) is 1. The van der Waals surface area contributed by atoms with Crippen LogP contribution in [0.2, 0.25) is 0 Å². The van der Waals surface area contributed by atoms with E-state index in [-0.39, 0.29) is 12.1 Å². The minimum absolute atomic E-state index is 0.152. The van der Waals surface area contributed by atoms with Gasteiger partial charge in [-0.2, -0.15) is 0 Å². The van der Waals surface area contributed by atoms with Crippen molar-refractivity contribution >= 4 is 23.4 Å². The summed E-state index contributed by atoms with van der Waals surface area (Å²) in [6.45, 7) is 9.37. The van der Waals surface area contributed by atoms with Crippen LogP contribution in [0, 0.1) is 5.92 Å². The molecule has 1 aliphatic carbocycles. The molecule has 29 heavy (non-hydrogen) atoms. The fourth-order valence-corrected chi connectivity index (χ4v) is 4.45. The Hall–Kier alpha value is -1.76. The summed E-state index contributed by atoms with van der Waals surface area (Å²) in [7, 11) is 1.85. The van der Waals surface area contributed by atoms with Crippen molar-refractivity contribution in [2.24, 2.45) is 10.9 Å². The third-order valence-electron chi connectivity index (χ3n) is 5.43. The van der Waals surface area contributed by atoms with Gasteiger partial charge in [-0.15, -0.1) is 11.3 Å². The third kappa shape index (κ3) is 6.91. The van der Waals surface area contributed by atoms with Crippen LogP contribution in [0.3, 0.4) is 0 Å². The van der Waals surface area contributed by atoms with Crippen molar-refractivity contribution < 1.29 is 9.53 Å². The van der Waals surface area contributed by atoms with E-state index in [0.717, 1.165) is 51.4 Å². The number of likely N-dealkylation sites (tertiary alicyclic amines) is 1. The Morgan fingerprint density at radius 1 is 1.31 bits per heavy atom. The summed E-state index contributed by atoms with van der Waals surface area (Å²) in [6, 6.07) is 4.52. The largest absolute Gasteiger partial charge is 0.444 e. The average molecular weight is 421 g/mol. The van der Waals surface area contributed by atoms with Crippen LogP contribution >= 0.6 is 11.3 Å². The van der Waals surface area contributed by atoms with Gasteiger partial charge in [0.1, 0.15) is 5.60 Å². The van der Waals surface area contributed by atoms with Crippen molar-refractivity contribution in [3.63, 3.8) is 0 Å². The lowest BCUT2D eigenvalue weighted by Crippen LogP contribution is -2.52. The number of carbonyl (C=O) groups is 1. The fourth-order valence-electron chi connectivity index (χ4n) is 3.75. The van der Waals surface area contributed by atoms with Gasteiger partial charge in [0, 0.05) is 44.1 Å². The summed E-state index contributed by atoms with van der Waals surface area (Å²) in [4.78, 5) is 23.0. The molecule has 1 N–H and O–H groups in total. The summed E-state index contributed by atoms with van der Waals surface area (Å²) < 4.78 is 5.70. The molecule has 162 valence electrons. The number of guanidine groups is 1. The van der Waals surface area contributed by atoms with Crippen LogP contribution in [-0.4, -0.2) is 66.7 Å². The van der Waals surface area contributed by atoms with Gasteiger partial charge in [-0.1, -0.05) is 6.07 Å². The highest BCUT2D eigenvalue weighted by molar-refractivity contribution is 7.09. The molecule has 2 aliphatic rings. The molecular formula is C22H36N4O2S. The van der Waals surface area contributed by atoms with Gasteiger partial charge in [-0.05, 0) is 70.2 Å². The molecule has 0 radical (unpaired) electrons. The number of hydrogen-bond acceptors (Lipinski definition) is 4. The molecule has 7 heteroatoms. The Labute approximate surface area is 179 Å². The van der Waals surface area contributed by atoms with E-state index in [1.807, 2.05) is 32.7 Å². The van der Waals surface area contributed by atoms with Crippen molar-refractivity contribution in [1.29, 1.82) is 0 Å². The number of nitrogens with zero attached hydrogens (tertiary/aromatic N) is 3. The van der Waals surface area contributed by atoms with E-state index in [9.17, 15) is 4.79 Å². The van der Waals surface area contributed by atoms with Crippen LogP contribution in [0.15, 0.2) is 22.5 Å². The Kier molecular flexibility index (Phi) is 7.44. The van der Waals surface area contributed by atoms with Gasteiger partial charge < -0.3 is 19.9 Å². The number of piperidine rings is 1. The Morgan fingerprint density at radius 3 is 2.59 bits per heavy atom. The van der Waals surface area contributed by atoms with Crippen LogP contribution in [-0.2, 0) is 11.2 Å². The van der Waals surface area contributed by atoms with E-state index in [4.69, 9.17) is 4.74 Å². The molecule has 0 bridgehead atoms. The number of amides is 1. The van der Waals surface area contributed by atoms with E-state index in [1.165, 1.54) is 17.7 Å². The number of aliphatic imine (C=N–C) groups is 1. The number of nitrogens with one attached hydrogen (secondary N) is 1. The first-order chi connectivity index (χ1) is 13.9. The highest BCUT2D eigenvalue weighted by atomic mass is 32.1. The predicted octanol–water partition coefficient (Wildman–Crippen LogP) is 3.98. The van der Waals surface area contributed by atoms with Gasteiger partial charge in [-0.3, -0.25) is 4.99 Å². The van der Waals surface area contributed by atoms with Crippen molar-refractivity contribution in [1.82, 2.24) is 15.1 Å². The zero-order chi connectivity index (χ0) is 20.9. The topological polar surface area (TPSA) is 57.2 Å². The first-order valence-corrected chi connectivity index (χ1v) is 11.7. The molecule has 1 saturated heterocycles. The minimum atomic E-state index is -0.450. The average Bonchev–Trinajstić information content (AvgIpc) is 3.35. The van der Waals surface area contributed by atoms with Gasteiger partial charge in [0.05, 0.1) is 0 Å². The minimum Gasteiger partial charge on any atom is -0.444 e. The molecule has 2 heterocycles. The fraction of sp³-hybridized carbons (Fsp3) is 0.727. The lowest BCUT2D eigenvalue weighted by atomic mass is 10.0. The SMILES string of the molecule is CN=C(NCCc1cccs1)N1CCC(N(CC2CC2)C(=O)OC(C)(C)C)CC1. The molecule has 1 amide bonds. The summed E-state index contributed by atoms with van der Waals surface area (Å²) >= 11 is 1.79. The van der Waals surface area contributed by atoms with E-state index in [1.54, 1.807) is 11.3 Å². The van der Waals surface area contributed by atoms with Crippen LogP contribution in [0.25, 0.3) is 0 Å². The third-order valence-corrected chi connectivity index (χ3v) is 6.37. The molecule has 0 aromatic carbocycles. The number of thiophene rings is 1. The number of ether oxygens (including phenoxy) is 1. The first kappa shape index (κ1) is 21.9. The van der Waals surface area contributed by atoms with Crippen LogP contribution in [0.4, 0.5) is 4.79 Å². The van der Waals surface area contributed by atoms with Crippen molar-refractivity contribution in [2.75, 3.05) is 33.2 Å². The molecular weight excluding hydrogens is 384 g/mol. The molecule has 1 aromatic rings. The zero-order valence-corrected chi connectivity index (χ0v) is 19.1. The quantitative estimate of drug-likeness (QED) is 0.559. The van der Waals surface area contributed by atoms with Gasteiger partial charge in [0.2, 0.25) is 0 Å². The van der Waals surface area contributed by atoms with Gasteiger partial charge >= 0.3 is 6.09 Å². The van der Waals surface area contributed by atoms with Crippen LogP contribution < -0.4 is 5.32 Å². The maximum absolute atomic E-state index is 12.8. The highest BCUT2D eigenvalue weighted by Gasteiger charge is 2.35. The summed E-state index contributed by atoms with van der Waals surface area (Å²) in [5.74, 6) is 1.62. The van der Waals surface area contributed by atoms with E-state index in [0.29, 0.717) is 5.92 Å². The number of rotatable bonds is 6. The molecule has 1 aliphatic heterocycles. The maximum atomic E-state index is 12.8. The highest BCUT2D eigenvalue weighted by Crippen LogP contribution is 2.32. The lowest BCUT2D eigenvalue weighted by molar-refractivity contribution is 0.00929. The van der Waals surface area contributed by atoms with E-state index < -0.39 is 5.60 Å². The van der Waals surface area contributed by atoms with E-state index in [2.05, 4.69) is 32.7 Å². The molecule has 1 saturated carbocycles. The Balaban J connectivity index is 1.50. The van der Waals surface area contributed by atoms with Crippen LogP contribution in [0.1, 0.15) is 51.3 Å². The van der Waals surface area contributed by atoms with E-state index >= 15 is 0 Å². The normalized spacial score (nSPS) is 18.6. The second-order valence-corrected chi connectivity index (χ2v) is 10.1. The first-order valence-electron chi connectivity index (χ1n) is 10.8. The molecule has 0 spiro atoms. The summed E-state index contributed by atoms with van der Waals surface area (Å²) in [5, 5.41) is 5.61. The van der Waals surface area contributed by atoms with Crippen LogP contribution in [0.5, 0.6) is 0 Å². The summed E-state index contributed by atoms with van der Waals surface area (Å²) in [5.41, 5.74) is -0.450. The molecule has 3 rings (SSSR count). The van der Waals surface area contributed by atoms with Crippen molar-refractivity contribution in [3.05, 3.63) is 22.4 Å². The van der Waals surface area contributed by atoms with Gasteiger partial charge in [0.25, 0.3) is 0 Å². The second kappa shape index (κ2) is 9.83. The zero-order valence-electron chi connectivity index (χ0n) is 18.3. The van der Waals surface area contributed by atoms with Gasteiger partial charge in [-0.25, -0.2) is 4.79 Å². The molecule has 2 fully saturated rings. The molecule has 1 aromatic heterocycles. The number of carbonyl (C=O) groups excluding carboxylic acids is 1. The second-order valence-electron chi connectivity index (χ2n) is 9.10. The molecule has 0 atom stereocenters. The molecule has 0 unspecified atom stereocenters. The van der Waals surface area contributed by atoms with Crippen molar-refractivity contribution in [2.45, 2.75) is 64.5 Å². The summed E-state index contributed by atoms with van der Waals surface area (Å²) in [6.07, 6.45) is 5.25. The Morgan fingerprint density at radius 2 is 2.03 bits per heavy atom. The standard InChI is InChI=1S/C22H36N4O2S/c1-22(2,3)28-21(27)26(16-17-7-8-17)18-10-13-25(14-11-18)20(23-4)24-12-9-19-6-5-15-29-19/h5-6,15,17-18H,7-14,16H2,1-4H3,(H,23,24). The Bertz CT molecular complexity index is 671. The maximum Gasteiger partial charge on any atom is 0.410 e.